The lowest BCUT2D eigenvalue weighted by atomic mass is 9.90. The highest BCUT2D eigenvalue weighted by molar-refractivity contribution is 5.81. The second-order valence-corrected chi connectivity index (χ2v) is 5.42. The lowest BCUT2D eigenvalue weighted by Crippen LogP contribution is -2.54. The molecule has 4 heteroatoms. The fraction of sp³-hybridized carbons (Fsp3) is 0.929. The number of amides is 1. The summed E-state index contributed by atoms with van der Waals surface area (Å²) >= 11 is 0. The van der Waals surface area contributed by atoms with E-state index in [2.05, 4.69) is 17.1 Å². The first-order chi connectivity index (χ1) is 8.60. The highest BCUT2D eigenvalue weighted by Crippen LogP contribution is 2.26. The molecule has 0 aliphatic heterocycles. The van der Waals surface area contributed by atoms with E-state index in [1.165, 1.54) is 6.42 Å². The largest absolute Gasteiger partial charge is 0.395 e. The molecule has 0 aromatic carbocycles. The predicted molar refractivity (Wildman–Crippen MR) is 73.4 cm³/mol. The zero-order valence-electron chi connectivity index (χ0n) is 12.0. The van der Waals surface area contributed by atoms with Crippen LogP contribution in [0.25, 0.3) is 0 Å². The Hall–Kier alpha value is -0.610. The summed E-state index contributed by atoms with van der Waals surface area (Å²) in [5.41, 5.74) is 0. The molecule has 1 saturated carbocycles. The zero-order chi connectivity index (χ0) is 13.5. The van der Waals surface area contributed by atoms with Crippen molar-refractivity contribution in [2.24, 2.45) is 0 Å². The molecule has 1 amide bonds. The Morgan fingerprint density at radius 3 is 2.56 bits per heavy atom. The molecule has 0 saturated heterocycles. The Bertz CT molecular complexity index is 254. The molecule has 0 heterocycles. The summed E-state index contributed by atoms with van der Waals surface area (Å²) in [5.74, 6) is 0.0938. The average molecular weight is 256 g/mol. The summed E-state index contributed by atoms with van der Waals surface area (Å²) in [6, 6.07) is 0.587. The van der Waals surface area contributed by atoms with Crippen molar-refractivity contribution < 1.29 is 9.90 Å². The number of nitrogens with zero attached hydrogens (tertiary/aromatic N) is 1. The van der Waals surface area contributed by atoms with Gasteiger partial charge in [-0.1, -0.05) is 19.8 Å². The lowest BCUT2D eigenvalue weighted by molar-refractivity contribution is -0.128. The minimum absolute atomic E-state index is 0.0938. The van der Waals surface area contributed by atoms with Gasteiger partial charge in [0.25, 0.3) is 0 Å². The molecule has 0 spiro atoms. The van der Waals surface area contributed by atoms with Gasteiger partial charge < -0.3 is 10.4 Å². The first-order valence-corrected chi connectivity index (χ1v) is 7.27. The molecular weight excluding hydrogens is 228 g/mol. The van der Waals surface area contributed by atoms with Crippen molar-refractivity contribution in [1.82, 2.24) is 10.2 Å². The first-order valence-electron chi connectivity index (χ1n) is 7.27. The highest BCUT2D eigenvalue weighted by atomic mass is 16.3. The van der Waals surface area contributed by atoms with Gasteiger partial charge in [-0.05, 0) is 33.1 Å². The molecule has 4 nitrogen and oxygen atoms in total. The van der Waals surface area contributed by atoms with Crippen LogP contribution in [0.4, 0.5) is 0 Å². The van der Waals surface area contributed by atoms with Crippen molar-refractivity contribution in [1.29, 1.82) is 0 Å². The van der Waals surface area contributed by atoms with E-state index in [1.54, 1.807) is 0 Å². The number of aliphatic hydroxyl groups excluding tert-OH is 1. The van der Waals surface area contributed by atoms with Crippen molar-refractivity contribution in [2.45, 2.75) is 71.0 Å². The van der Waals surface area contributed by atoms with E-state index >= 15 is 0 Å². The van der Waals surface area contributed by atoms with E-state index in [0.717, 1.165) is 25.7 Å². The molecule has 0 aromatic heterocycles. The van der Waals surface area contributed by atoms with Crippen LogP contribution in [0.1, 0.15) is 52.9 Å². The van der Waals surface area contributed by atoms with Crippen LogP contribution in [-0.4, -0.2) is 47.2 Å². The van der Waals surface area contributed by atoms with Crippen LogP contribution >= 0.6 is 0 Å². The van der Waals surface area contributed by atoms with Gasteiger partial charge in [0, 0.05) is 18.6 Å². The van der Waals surface area contributed by atoms with Gasteiger partial charge in [0.1, 0.15) is 0 Å². The Kier molecular flexibility index (Phi) is 6.65. The Balaban J connectivity index is 2.47. The molecule has 1 aliphatic rings. The van der Waals surface area contributed by atoms with Gasteiger partial charge in [-0.15, -0.1) is 0 Å². The Labute approximate surface area is 111 Å². The maximum atomic E-state index is 12.2. The summed E-state index contributed by atoms with van der Waals surface area (Å²) in [4.78, 5) is 14.3. The van der Waals surface area contributed by atoms with Gasteiger partial charge in [-0.2, -0.15) is 0 Å². The summed E-state index contributed by atoms with van der Waals surface area (Å²) in [7, 11) is 0. The number of carbonyl (C=O) groups is 1. The van der Waals surface area contributed by atoms with Gasteiger partial charge in [0.2, 0.25) is 5.91 Å². The van der Waals surface area contributed by atoms with Crippen molar-refractivity contribution in [3.8, 4) is 0 Å². The minimum atomic E-state index is -0.137. The number of hydrogen-bond acceptors (Lipinski definition) is 3. The van der Waals surface area contributed by atoms with Crippen molar-refractivity contribution in [2.75, 3.05) is 13.2 Å². The summed E-state index contributed by atoms with van der Waals surface area (Å²) in [6.45, 7) is 6.84. The molecule has 0 aromatic rings. The maximum Gasteiger partial charge on any atom is 0.237 e. The molecule has 2 N–H and O–H groups in total. The van der Waals surface area contributed by atoms with Crippen LogP contribution < -0.4 is 5.32 Å². The summed E-state index contributed by atoms with van der Waals surface area (Å²) in [6.07, 6.45) is 5.65. The van der Waals surface area contributed by atoms with Crippen LogP contribution in [0, 0.1) is 0 Å². The second-order valence-electron chi connectivity index (χ2n) is 5.42. The number of carbonyl (C=O) groups excluding carboxylic acids is 1. The zero-order valence-corrected chi connectivity index (χ0v) is 12.0. The van der Waals surface area contributed by atoms with Crippen LogP contribution in [0.5, 0.6) is 0 Å². The smallest absolute Gasteiger partial charge is 0.237 e. The molecule has 2 unspecified atom stereocenters. The minimum Gasteiger partial charge on any atom is -0.395 e. The van der Waals surface area contributed by atoms with Crippen molar-refractivity contribution in [3.05, 3.63) is 0 Å². The van der Waals surface area contributed by atoms with Crippen molar-refractivity contribution >= 4 is 5.91 Å². The van der Waals surface area contributed by atoms with Crippen LogP contribution in [0.2, 0.25) is 0 Å². The quantitative estimate of drug-likeness (QED) is 0.692. The van der Waals surface area contributed by atoms with Crippen LogP contribution in [0.3, 0.4) is 0 Å². The van der Waals surface area contributed by atoms with Gasteiger partial charge in [0.05, 0.1) is 12.6 Å². The number of rotatable bonds is 8. The summed E-state index contributed by atoms with van der Waals surface area (Å²) in [5, 5.41) is 12.2. The van der Waals surface area contributed by atoms with E-state index in [4.69, 9.17) is 5.11 Å². The molecule has 1 fully saturated rings. The van der Waals surface area contributed by atoms with Crippen LogP contribution in [-0.2, 0) is 4.79 Å². The Morgan fingerprint density at radius 2 is 2.11 bits per heavy atom. The van der Waals surface area contributed by atoms with Gasteiger partial charge in [-0.25, -0.2) is 0 Å². The third kappa shape index (κ3) is 4.25. The normalized spacial score (nSPS) is 19.4. The number of aliphatic hydroxyl groups is 1. The fourth-order valence-corrected chi connectivity index (χ4v) is 2.55. The molecule has 18 heavy (non-hydrogen) atoms. The number of hydrogen-bond donors (Lipinski definition) is 2. The van der Waals surface area contributed by atoms with Crippen molar-refractivity contribution in [3.63, 3.8) is 0 Å². The highest BCUT2D eigenvalue weighted by Gasteiger charge is 2.31. The van der Waals surface area contributed by atoms with E-state index in [-0.39, 0.29) is 24.6 Å². The van der Waals surface area contributed by atoms with E-state index in [0.29, 0.717) is 12.6 Å². The second kappa shape index (κ2) is 7.74. The lowest BCUT2D eigenvalue weighted by Gasteiger charge is -2.40. The van der Waals surface area contributed by atoms with E-state index in [9.17, 15) is 4.79 Å². The molecule has 2 atom stereocenters. The van der Waals surface area contributed by atoms with E-state index < -0.39 is 0 Å². The monoisotopic (exact) mass is 256 g/mol. The molecule has 0 bridgehead atoms. The average Bonchev–Trinajstić information content (AvgIpc) is 2.25. The SMILES string of the molecule is CCCC(C)NC(=O)C(C)N(CCO)C1CCC1. The Morgan fingerprint density at radius 1 is 1.44 bits per heavy atom. The maximum absolute atomic E-state index is 12.2. The first kappa shape index (κ1) is 15.4. The molecular formula is C14H28N2O2. The van der Waals surface area contributed by atoms with E-state index in [1.807, 2.05) is 13.8 Å². The third-order valence-electron chi connectivity index (χ3n) is 3.89. The summed E-state index contributed by atoms with van der Waals surface area (Å²) < 4.78 is 0. The molecule has 0 radical (unpaired) electrons. The van der Waals surface area contributed by atoms with Gasteiger partial charge in [-0.3, -0.25) is 9.69 Å². The van der Waals surface area contributed by atoms with Gasteiger partial charge >= 0.3 is 0 Å². The fourth-order valence-electron chi connectivity index (χ4n) is 2.55. The third-order valence-corrected chi connectivity index (χ3v) is 3.89. The molecule has 106 valence electrons. The van der Waals surface area contributed by atoms with Gasteiger partial charge in [0.15, 0.2) is 0 Å². The number of nitrogens with one attached hydrogen (secondary N) is 1. The topological polar surface area (TPSA) is 52.6 Å². The molecule has 1 aliphatic carbocycles. The van der Waals surface area contributed by atoms with Crippen LogP contribution in [0.15, 0.2) is 0 Å². The predicted octanol–water partition coefficient (Wildman–Crippen LogP) is 1.53. The standard InChI is InChI=1S/C14H28N2O2/c1-4-6-11(2)15-14(18)12(3)16(9-10-17)13-7-5-8-13/h11-13,17H,4-10H2,1-3H3,(H,15,18). The molecule has 1 rings (SSSR count).